The summed E-state index contributed by atoms with van der Waals surface area (Å²) in [5.74, 6) is 1.65. The van der Waals surface area contributed by atoms with E-state index < -0.39 is 0 Å². The van der Waals surface area contributed by atoms with Crippen molar-refractivity contribution in [2.24, 2.45) is 0 Å². The zero-order valence-electron chi connectivity index (χ0n) is 19.0. The Morgan fingerprint density at radius 3 is 2.85 bits per heavy atom. The van der Waals surface area contributed by atoms with Crippen molar-refractivity contribution in [3.63, 3.8) is 0 Å². The number of benzene rings is 1. The van der Waals surface area contributed by atoms with Gasteiger partial charge in [-0.3, -0.25) is 14.8 Å². The fourth-order valence-corrected chi connectivity index (χ4v) is 3.76. The molecule has 1 atom stereocenters. The molecule has 172 valence electrons. The number of anilines is 2. The molecule has 3 aromatic rings. The largest absolute Gasteiger partial charge is 0.493 e. The molecule has 1 fully saturated rings. The number of morpholine rings is 1. The number of aromatic nitrogens is 3. The summed E-state index contributed by atoms with van der Waals surface area (Å²) < 4.78 is 11.7. The van der Waals surface area contributed by atoms with Gasteiger partial charge in [0.25, 0.3) is 0 Å². The molecule has 1 aliphatic rings. The smallest absolute Gasteiger partial charge is 0.222 e. The van der Waals surface area contributed by atoms with Gasteiger partial charge in [0.15, 0.2) is 0 Å². The lowest BCUT2D eigenvalue weighted by atomic mass is 10.1. The predicted molar refractivity (Wildman–Crippen MR) is 125 cm³/mol. The maximum absolute atomic E-state index is 12.7. The Morgan fingerprint density at radius 2 is 2.09 bits per heavy atom. The number of nitrogens with zero attached hydrogens (tertiary/aromatic N) is 4. The number of hydrogen-bond donors (Lipinski definition) is 1. The van der Waals surface area contributed by atoms with Crippen LogP contribution >= 0.6 is 0 Å². The lowest BCUT2D eigenvalue weighted by molar-refractivity contribution is -0.139. The maximum atomic E-state index is 12.7. The van der Waals surface area contributed by atoms with Crippen molar-refractivity contribution >= 4 is 17.4 Å². The fraction of sp³-hybridized carbons (Fsp3) is 0.360. The SMILES string of the molecule is Cc1ccc(OCCCC(=O)N2CCOC(c3ccc(Nc4cnccn4)cn3)C2)c(C)c1. The summed E-state index contributed by atoms with van der Waals surface area (Å²) in [6.07, 6.45) is 7.52. The molecule has 0 aliphatic carbocycles. The Kier molecular flexibility index (Phi) is 7.47. The summed E-state index contributed by atoms with van der Waals surface area (Å²) in [7, 11) is 0. The summed E-state index contributed by atoms with van der Waals surface area (Å²) in [5, 5.41) is 3.15. The van der Waals surface area contributed by atoms with Crippen LogP contribution in [-0.2, 0) is 9.53 Å². The number of ether oxygens (including phenoxy) is 2. The minimum atomic E-state index is -0.236. The van der Waals surface area contributed by atoms with Crippen LogP contribution in [0.25, 0.3) is 0 Å². The van der Waals surface area contributed by atoms with Crippen molar-refractivity contribution < 1.29 is 14.3 Å². The van der Waals surface area contributed by atoms with Crippen molar-refractivity contribution in [2.45, 2.75) is 32.8 Å². The average molecular weight is 448 g/mol. The fourth-order valence-electron chi connectivity index (χ4n) is 3.76. The van der Waals surface area contributed by atoms with Gasteiger partial charge in [-0.25, -0.2) is 4.98 Å². The molecule has 1 saturated heterocycles. The lowest BCUT2D eigenvalue weighted by Gasteiger charge is -2.32. The van der Waals surface area contributed by atoms with Gasteiger partial charge in [0.05, 0.1) is 43.5 Å². The van der Waals surface area contributed by atoms with Crippen molar-refractivity contribution in [1.29, 1.82) is 0 Å². The van der Waals surface area contributed by atoms with E-state index in [2.05, 4.69) is 33.3 Å². The molecular formula is C25H29N5O3. The average Bonchev–Trinajstić information content (AvgIpc) is 2.84. The Balaban J connectivity index is 1.25. The molecule has 2 aromatic heterocycles. The van der Waals surface area contributed by atoms with Crippen molar-refractivity contribution in [1.82, 2.24) is 19.9 Å². The van der Waals surface area contributed by atoms with Crippen LogP contribution in [0.3, 0.4) is 0 Å². The number of amides is 1. The van der Waals surface area contributed by atoms with Crippen LogP contribution in [0.5, 0.6) is 5.75 Å². The van der Waals surface area contributed by atoms with Gasteiger partial charge in [-0.05, 0) is 44.0 Å². The monoisotopic (exact) mass is 447 g/mol. The molecule has 4 rings (SSSR count). The molecule has 8 nitrogen and oxygen atoms in total. The van der Waals surface area contributed by atoms with Crippen LogP contribution in [0.15, 0.2) is 55.1 Å². The highest BCUT2D eigenvalue weighted by molar-refractivity contribution is 5.76. The first-order valence-electron chi connectivity index (χ1n) is 11.2. The molecule has 0 spiro atoms. The Hall–Kier alpha value is -3.52. The summed E-state index contributed by atoms with van der Waals surface area (Å²) >= 11 is 0. The second-order valence-electron chi connectivity index (χ2n) is 8.11. The van der Waals surface area contributed by atoms with Crippen LogP contribution in [0, 0.1) is 13.8 Å². The highest BCUT2D eigenvalue weighted by Crippen LogP contribution is 2.23. The van der Waals surface area contributed by atoms with Gasteiger partial charge in [0.2, 0.25) is 5.91 Å². The number of aryl methyl sites for hydroxylation is 2. The Bertz CT molecular complexity index is 1060. The van der Waals surface area contributed by atoms with E-state index in [1.807, 2.05) is 36.1 Å². The second-order valence-corrected chi connectivity index (χ2v) is 8.11. The lowest BCUT2D eigenvalue weighted by Crippen LogP contribution is -2.42. The third-order valence-corrected chi connectivity index (χ3v) is 5.49. The van der Waals surface area contributed by atoms with Crippen LogP contribution in [0.2, 0.25) is 0 Å². The van der Waals surface area contributed by atoms with E-state index in [0.717, 1.165) is 22.7 Å². The van der Waals surface area contributed by atoms with Gasteiger partial charge >= 0.3 is 0 Å². The summed E-state index contributed by atoms with van der Waals surface area (Å²) in [4.78, 5) is 27.3. The molecule has 8 heteroatoms. The van der Waals surface area contributed by atoms with Gasteiger partial charge in [-0.2, -0.15) is 0 Å². The summed E-state index contributed by atoms with van der Waals surface area (Å²) in [6.45, 7) is 6.21. The van der Waals surface area contributed by atoms with E-state index in [-0.39, 0.29) is 12.0 Å². The molecule has 0 saturated carbocycles. The van der Waals surface area contributed by atoms with E-state index >= 15 is 0 Å². The highest BCUT2D eigenvalue weighted by atomic mass is 16.5. The first-order chi connectivity index (χ1) is 16.1. The van der Waals surface area contributed by atoms with Gasteiger partial charge < -0.3 is 19.7 Å². The molecule has 0 radical (unpaired) electrons. The van der Waals surface area contributed by atoms with Crippen LogP contribution in [0.4, 0.5) is 11.5 Å². The van der Waals surface area contributed by atoms with Crippen LogP contribution < -0.4 is 10.1 Å². The normalized spacial score (nSPS) is 15.8. The summed E-state index contributed by atoms with van der Waals surface area (Å²) in [5.41, 5.74) is 3.94. The first-order valence-corrected chi connectivity index (χ1v) is 11.2. The minimum Gasteiger partial charge on any atom is -0.493 e. The molecule has 1 amide bonds. The van der Waals surface area contributed by atoms with E-state index in [4.69, 9.17) is 9.47 Å². The minimum absolute atomic E-state index is 0.119. The number of carbonyl (C=O) groups excluding carboxylic acids is 1. The number of carbonyl (C=O) groups is 1. The van der Waals surface area contributed by atoms with Crippen molar-refractivity contribution in [3.05, 3.63) is 71.9 Å². The van der Waals surface area contributed by atoms with Gasteiger partial charge in [-0.15, -0.1) is 0 Å². The standard InChI is InChI=1S/C25H29N5O3/c1-18-5-8-22(19(2)14-18)32-12-3-4-25(31)30-11-13-33-23(17-30)21-7-6-20(15-28-21)29-24-16-26-9-10-27-24/h5-10,14-16,23H,3-4,11-13,17H2,1-2H3,(H,27,29). The van der Waals surface area contributed by atoms with Crippen LogP contribution in [-0.4, -0.2) is 52.1 Å². The molecule has 1 N–H and O–H groups in total. The quantitative estimate of drug-likeness (QED) is 0.522. The zero-order valence-corrected chi connectivity index (χ0v) is 19.0. The molecular weight excluding hydrogens is 418 g/mol. The Labute approximate surface area is 194 Å². The van der Waals surface area contributed by atoms with Crippen LogP contribution in [0.1, 0.15) is 35.8 Å². The van der Waals surface area contributed by atoms with E-state index in [0.29, 0.717) is 45.0 Å². The zero-order chi connectivity index (χ0) is 23.0. The molecule has 1 aromatic carbocycles. The van der Waals surface area contributed by atoms with Gasteiger partial charge in [0, 0.05) is 25.4 Å². The molecule has 1 unspecified atom stereocenters. The van der Waals surface area contributed by atoms with Gasteiger partial charge in [-0.1, -0.05) is 17.7 Å². The number of hydrogen-bond acceptors (Lipinski definition) is 7. The third-order valence-electron chi connectivity index (χ3n) is 5.49. The van der Waals surface area contributed by atoms with E-state index in [1.165, 1.54) is 5.56 Å². The van der Waals surface area contributed by atoms with Gasteiger partial charge in [0.1, 0.15) is 17.7 Å². The second kappa shape index (κ2) is 10.9. The topological polar surface area (TPSA) is 89.5 Å². The Morgan fingerprint density at radius 1 is 1.18 bits per heavy atom. The number of pyridine rings is 1. The van der Waals surface area contributed by atoms with E-state index in [1.54, 1.807) is 24.8 Å². The molecule has 33 heavy (non-hydrogen) atoms. The first kappa shape index (κ1) is 22.7. The number of nitrogens with one attached hydrogen (secondary N) is 1. The third kappa shape index (κ3) is 6.26. The van der Waals surface area contributed by atoms with Crippen molar-refractivity contribution in [3.8, 4) is 5.75 Å². The van der Waals surface area contributed by atoms with Crippen molar-refractivity contribution in [2.75, 3.05) is 31.6 Å². The molecule has 1 aliphatic heterocycles. The molecule has 0 bridgehead atoms. The molecule has 3 heterocycles. The summed E-state index contributed by atoms with van der Waals surface area (Å²) in [6, 6.07) is 9.95. The van der Waals surface area contributed by atoms with E-state index in [9.17, 15) is 4.79 Å². The maximum Gasteiger partial charge on any atom is 0.222 e. The highest BCUT2D eigenvalue weighted by Gasteiger charge is 2.26. The predicted octanol–water partition coefficient (Wildman–Crippen LogP) is 3.99. The number of rotatable bonds is 8.